The Balaban J connectivity index is 0.00000132. The number of amides is 1. The molecular weight excluding hydrogens is 349 g/mol. The van der Waals surface area contributed by atoms with Gasteiger partial charge in [-0.1, -0.05) is 0 Å². The number of carbonyl (C=O) groups excluding carboxylic acids is 1. The largest absolute Gasteiger partial charge is 0.338 e. The van der Waals surface area contributed by atoms with Crippen LogP contribution in [0.15, 0.2) is 12.4 Å². The number of rotatable bonds is 4. The highest BCUT2D eigenvalue weighted by molar-refractivity contribution is 5.85. The summed E-state index contributed by atoms with van der Waals surface area (Å²) in [6, 6.07) is 0. The Morgan fingerprint density at radius 1 is 1.48 bits per heavy atom. The van der Waals surface area contributed by atoms with Gasteiger partial charge in [0.15, 0.2) is 0 Å². The molecule has 1 unspecified atom stereocenters. The second-order valence-electron chi connectivity index (χ2n) is 6.09. The van der Waals surface area contributed by atoms with Crippen molar-refractivity contribution in [2.75, 3.05) is 20.1 Å². The summed E-state index contributed by atoms with van der Waals surface area (Å²) < 4.78 is 26.4. The molecular formula is C14H22Cl2F2N4O. The highest BCUT2D eigenvalue weighted by Gasteiger charge is 2.58. The van der Waals surface area contributed by atoms with Gasteiger partial charge >= 0.3 is 6.55 Å². The van der Waals surface area contributed by atoms with Gasteiger partial charge in [0.05, 0.1) is 6.54 Å². The van der Waals surface area contributed by atoms with Crippen LogP contribution < -0.4 is 5.32 Å². The number of halogens is 4. The van der Waals surface area contributed by atoms with Gasteiger partial charge in [-0.15, -0.1) is 24.8 Å². The van der Waals surface area contributed by atoms with Crippen molar-refractivity contribution in [3.05, 3.63) is 18.2 Å². The molecule has 1 aliphatic carbocycles. The van der Waals surface area contributed by atoms with E-state index in [4.69, 9.17) is 0 Å². The first-order valence-electron chi connectivity index (χ1n) is 7.29. The van der Waals surface area contributed by atoms with E-state index >= 15 is 0 Å². The third-order valence-corrected chi connectivity index (χ3v) is 4.80. The van der Waals surface area contributed by atoms with E-state index < -0.39 is 6.55 Å². The molecule has 1 saturated heterocycles. The van der Waals surface area contributed by atoms with E-state index in [-0.39, 0.29) is 54.4 Å². The van der Waals surface area contributed by atoms with Gasteiger partial charge in [0.25, 0.3) is 0 Å². The zero-order chi connectivity index (χ0) is 15.0. The molecule has 0 aromatic carbocycles. The lowest BCUT2D eigenvalue weighted by Crippen LogP contribution is -2.34. The first-order valence-corrected chi connectivity index (χ1v) is 7.29. The summed E-state index contributed by atoms with van der Waals surface area (Å²) in [5.41, 5.74) is 0.161. The van der Waals surface area contributed by atoms with Crippen molar-refractivity contribution in [2.24, 2.45) is 11.3 Å². The summed E-state index contributed by atoms with van der Waals surface area (Å²) in [5.74, 6) is 0.334. The number of hydrogen-bond acceptors (Lipinski definition) is 3. The summed E-state index contributed by atoms with van der Waals surface area (Å²) in [7, 11) is 1.67. The lowest BCUT2D eigenvalue weighted by molar-refractivity contribution is -0.133. The van der Waals surface area contributed by atoms with E-state index in [1.54, 1.807) is 7.05 Å². The van der Waals surface area contributed by atoms with Crippen LogP contribution in [0.2, 0.25) is 0 Å². The quantitative estimate of drug-likeness (QED) is 0.885. The molecule has 1 N–H and O–H groups in total. The zero-order valence-corrected chi connectivity index (χ0v) is 14.5. The molecule has 23 heavy (non-hydrogen) atoms. The van der Waals surface area contributed by atoms with Gasteiger partial charge in [0, 0.05) is 25.4 Å². The molecule has 3 rings (SSSR count). The van der Waals surface area contributed by atoms with Gasteiger partial charge in [-0.05, 0) is 37.8 Å². The second-order valence-corrected chi connectivity index (χ2v) is 6.09. The molecule has 5 nitrogen and oxygen atoms in total. The van der Waals surface area contributed by atoms with Crippen LogP contribution in [0.4, 0.5) is 8.78 Å². The van der Waals surface area contributed by atoms with Crippen molar-refractivity contribution < 1.29 is 13.6 Å². The van der Waals surface area contributed by atoms with Crippen LogP contribution in [0.5, 0.6) is 0 Å². The van der Waals surface area contributed by atoms with Crippen LogP contribution in [-0.2, 0) is 11.3 Å². The first kappa shape index (κ1) is 20.1. The summed E-state index contributed by atoms with van der Waals surface area (Å²) in [4.78, 5) is 17.9. The first-order chi connectivity index (χ1) is 10.0. The lowest BCUT2D eigenvalue weighted by Gasteiger charge is -2.25. The van der Waals surface area contributed by atoms with Gasteiger partial charge < -0.3 is 10.2 Å². The molecule has 1 spiro atoms. The average molecular weight is 371 g/mol. The summed E-state index contributed by atoms with van der Waals surface area (Å²) >= 11 is 0. The van der Waals surface area contributed by atoms with Crippen molar-refractivity contribution in [3.8, 4) is 0 Å². The molecule has 9 heteroatoms. The molecule has 2 aliphatic rings. The molecule has 1 amide bonds. The van der Waals surface area contributed by atoms with E-state index in [1.807, 2.05) is 0 Å². The molecule has 1 aromatic rings. The Morgan fingerprint density at radius 3 is 2.74 bits per heavy atom. The van der Waals surface area contributed by atoms with Crippen molar-refractivity contribution in [3.63, 3.8) is 0 Å². The Hall–Kier alpha value is -0.920. The number of alkyl halides is 2. The number of imidazole rings is 1. The van der Waals surface area contributed by atoms with Crippen molar-refractivity contribution in [1.29, 1.82) is 0 Å². The number of nitrogens with one attached hydrogen (secondary N) is 1. The number of carbonyl (C=O) groups is 1. The molecule has 2 fully saturated rings. The van der Waals surface area contributed by atoms with Gasteiger partial charge in [0.1, 0.15) is 5.82 Å². The monoisotopic (exact) mass is 370 g/mol. The molecule has 1 aromatic heterocycles. The van der Waals surface area contributed by atoms with E-state index in [2.05, 4.69) is 10.3 Å². The maximum Gasteiger partial charge on any atom is 0.319 e. The van der Waals surface area contributed by atoms with E-state index in [1.165, 1.54) is 17.3 Å². The predicted octanol–water partition coefficient (Wildman–Crippen LogP) is 2.47. The fourth-order valence-electron chi connectivity index (χ4n) is 3.37. The highest BCUT2D eigenvalue weighted by Crippen LogP contribution is 2.59. The van der Waals surface area contributed by atoms with Crippen LogP contribution in [0.25, 0.3) is 0 Å². The Labute approximate surface area is 146 Å². The topological polar surface area (TPSA) is 50.2 Å². The maximum atomic E-state index is 12.8. The fraction of sp³-hybridized carbons (Fsp3) is 0.714. The van der Waals surface area contributed by atoms with Crippen LogP contribution in [0, 0.1) is 11.3 Å². The van der Waals surface area contributed by atoms with E-state index in [9.17, 15) is 13.6 Å². The number of hydrogen-bond donors (Lipinski definition) is 1. The lowest BCUT2D eigenvalue weighted by atomic mass is 9.91. The number of nitrogens with zero attached hydrogens (tertiary/aromatic N) is 3. The zero-order valence-electron chi connectivity index (χ0n) is 12.9. The molecule has 0 bridgehead atoms. The Morgan fingerprint density at radius 2 is 2.13 bits per heavy atom. The van der Waals surface area contributed by atoms with Gasteiger partial charge in [-0.25, -0.2) is 4.98 Å². The predicted molar refractivity (Wildman–Crippen MR) is 87.1 cm³/mol. The molecule has 1 aliphatic heterocycles. The summed E-state index contributed by atoms with van der Waals surface area (Å²) in [5, 5.41) is 3.30. The van der Waals surface area contributed by atoms with Gasteiger partial charge in [-0.3, -0.25) is 9.36 Å². The maximum absolute atomic E-state index is 12.8. The third kappa shape index (κ3) is 3.95. The average Bonchev–Trinajstić information content (AvgIpc) is 2.94. The molecule has 1 saturated carbocycles. The fourth-order valence-corrected chi connectivity index (χ4v) is 3.37. The number of piperidine rings is 1. The van der Waals surface area contributed by atoms with Crippen LogP contribution in [0.1, 0.15) is 31.6 Å². The minimum Gasteiger partial charge on any atom is -0.338 e. The number of aromatic nitrogens is 2. The summed E-state index contributed by atoms with van der Waals surface area (Å²) in [6.45, 7) is -0.573. The van der Waals surface area contributed by atoms with Crippen LogP contribution in [0.3, 0.4) is 0 Å². The Bertz CT molecular complexity index is 535. The highest BCUT2D eigenvalue weighted by atomic mass is 35.5. The molecule has 132 valence electrons. The normalized spacial score (nSPS) is 21.5. The van der Waals surface area contributed by atoms with Crippen molar-refractivity contribution >= 4 is 30.7 Å². The molecule has 0 radical (unpaired) electrons. The van der Waals surface area contributed by atoms with E-state index in [0.29, 0.717) is 0 Å². The van der Waals surface area contributed by atoms with Gasteiger partial charge in [-0.2, -0.15) is 8.78 Å². The Kier molecular flexibility index (Phi) is 6.80. The minimum atomic E-state index is -2.62. The minimum absolute atomic E-state index is 0. The van der Waals surface area contributed by atoms with Crippen LogP contribution >= 0.6 is 24.8 Å². The van der Waals surface area contributed by atoms with E-state index in [0.717, 1.165) is 36.9 Å². The van der Waals surface area contributed by atoms with Gasteiger partial charge in [0.2, 0.25) is 5.91 Å². The smallest absolute Gasteiger partial charge is 0.319 e. The van der Waals surface area contributed by atoms with Crippen molar-refractivity contribution in [1.82, 2.24) is 19.8 Å². The van der Waals surface area contributed by atoms with Crippen molar-refractivity contribution in [2.45, 2.75) is 32.4 Å². The molecule has 1 atom stereocenters. The van der Waals surface area contributed by atoms with Crippen LogP contribution in [-0.4, -0.2) is 40.5 Å². The molecule has 2 heterocycles. The SMILES string of the molecule is CN(Cc1nccn1C(F)F)C(=O)C1CC12CCNCC2.Cl.Cl. The second kappa shape index (κ2) is 7.77. The standard InChI is InChI=1S/C14H20F2N4O.2ClH/c1-19(9-11-18-6-7-20(11)13(15)16)12(21)10-8-14(10)2-4-17-5-3-14;;/h6-7,10,13,17H,2-5,8-9H2,1H3;2*1H. The third-order valence-electron chi connectivity index (χ3n) is 4.80. The summed E-state index contributed by atoms with van der Waals surface area (Å²) in [6.07, 6.45) is 5.57.